The molecule has 0 radical (unpaired) electrons. The molecule has 128 valence electrons. The van der Waals surface area contributed by atoms with Crippen LogP contribution in [-0.4, -0.2) is 54.2 Å². The first-order valence-electron chi connectivity index (χ1n) is 8.64. The van der Waals surface area contributed by atoms with E-state index in [9.17, 15) is 0 Å². The summed E-state index contributed by atoms with van der Waals surface area (Å²) in [5.74, 6) is 2.02. The van der Waals surface area contributed by atoms with Gasteiger partial charge < -0.3 is 19.1 Å². The molecule has 2 aliphatic rings. The van der Waals surface area contributed by atoms with Crippen LogP contribution < -0.4 is 14.7 Å². The number of anilines is 3. The van der Waals surface area contributed by atoms with Crippen molar-refractivity contribution in [1.82, 2.24) is 15.0 Å². The van der Waals surface area contributed by atoms with Crippen molar-refractivity contribution in [3.63, 3.8) is 0 Å². The number of rotatable bonds is 5. The van der Waals surface area contributed by atoms with Gasteiger partial charge in [-0.05, 0) is 25.7 Å². The van der Waals surface area contributed by atoms with Crippen molar-refractivity contribution in [3.8, 4) is 0 Å². The summed E-state index contributed by atoms with van der Waals surface area (Å²) >= 11 is 0. The van der Waals surface area contributed by atoms with E-state index in [-0.39, 0.29) is 0 Å². The molecule has 1 aliphatic carbocycles. The highest BCUT2D eigenvalue weighted by atomic mass is 16.4. The fourth-order valence-corrected chi connectivity index (χ4v) is 3.46. The molecule has 0 N–H and O–H groups in total. The average Bonchev–Trinajstić information content (AvgIpc) is 3.28. The van der Waals surface area contributed by atoms with Crippen molar-refractivity contribution >= 4 is 17.7 Å². The highest BCUT2D eigenvalue weighted by Gasteiger charge is 2.37. The number of nitrogens with zero attached hydrogens (tertiary/aromatic N) is 6. The van der Waals surface area contributed by atoms with Gasteiger partial charge >= 0.3 is 0 Å². The molecule has 3 heterocycles. The Balaban J connectivity index is 1.49. The van der Waals surface area contributed by atoms with Gasteiger partial charge in [-0.2, -0.15) is 0 Å². The lowest BCUT2D eigenvalue weighted by Gasteiger charge is -2.39. The Hall–Kier alpha value is -2.31. The van der Waals surface area contributed by atoms with Gasteiger partial charge in [-0.1, -0.05) is 0 Å². The minimum absolute atomic E-state index is 0.522. The van der Waals surface area contributed by atoms with Gasteiger partial charge in [-0.3, -0.25) is 0 Å². The van der Waals surface area contributed by atoms with E-state index < -0.39 is 0 Å². The molecule has 0 unspecified atom stereocenters. The zero-order chi connectivity index (χ0) is 16.5. The maximum Gasteiger partial charge on any atom is 0.297 e. The third-order valence-corrected chi connectivity index (χ3v) is 4.85. The summed E-state index contributed by atoms with van der Waals surface area (Å²) in [6.07, 6.45) is 9.76. The van der Waals surface area contributed by atoms with Crippen molar-refractivity contribution < 1.29 is 4.42 Å². The Morgan fingerprint density at radius 1 is 1.00 bits per heavy atom. The smallest absolute Gasteiger partial charge is 0.297 e. The molecule has 7 nitrogen and oxygen atoms in total. The molecule has 2 aromatic heterocycles. The summed E-state index contributed by atoms with van der Waals surface area (Å²) in [5.41, 5.74) is 0. The van der Waals surface area contributed by atoms with E-state index in [1.165, 1.54) is 12.8 Å². The predicted octanol–water partition coefficient (Wildman–Crippen LogP) is 2.17. The van der Waals surface area contributed by atoms with Crippen LogP contribution >= 0.6 is 0 Å². The standard InChI is InChI=1S/C17H24N6O/c1-21(2)15-11-16(20-12-19-15)23(13-3-4-13)14-5-8-22(9-6-14)17-18-7-10-24-17/h7,10-14H,3-6,8-9H2,1-2H3. The largest absolute Gasteiger partial charge is 0.432 e. The highest BCUT2D eigenvalue weighted by molar-refractivity contribution is 5.51. The van der Waals surface area contributed by atoms with Gasteiger partial charge in [0.1, 0.15) is 24.2 Å². The minimum Gasteiger partial charge on any atom is -0.432 e. The van der Waals surface area contributed by atoms with Crippen molar-refractivity contribution in [2.24, 2.45) is 0 Å². The molecule has 0 bridgehead atoms. The summed E-state index contributed by atoms with van der Waals surface area (Å²) in [7, 11) is 4.03. The normalized spacial score (nSPS) is 18.7. The molecule has 0 spiro atoms. The fraction of sp³-hybridized carbons (Fsp3) is 0.588. The fourth-order valence-electron chi connectivity index (χ4n) is 3.46. The van der Waals surface area contributed by atoms with E-state index in [1.54, 1.807) is 18.8 Å². The summed E-state index contributed by atoms with van der Waals surface area (Å²) in [6, 6.07) is 4.00. The van der Waals surface area contributed by atoms with Gasteiger partial charge in [0.15, 0.2) is 0 Å². The van der Waals surface area contributed by atoms with Crippen molar-refractivity contribution in [2.75, 3.05) is 41.9 Å². The van der Waals surface area contributed by atoms with Crippen LogP contribution in [0.1, 0.15) is 25.7 Å². The lowest BCUT2D eigenvalue weighted by Crippen LogP contribution is -2.46. The molecule has 1 saturated carbocycles. The topological polar surface area (TPSA) is 61.5 Å². The first kappa shape index (κ1) is 15.2. The zero-order valence-electron chi connectivity index (χ0n) is 14.3. The molecule has 0 amide bonds. The summed E-state index contributed by atoms with van der Waals surface area (Å²) in [5, 5.41) is 0. The molecule has 1 aliphatic heterocycles. The van der Waals surface area contributed by atoms with E-state index in [2.05, 4.69) is 30.8 Å². The molecule has 0 aromatic carbocycles. The lowest BCUT2D eigenvalue weighted by atomic mass is 10.0. The van der Waals surface area contributed by atoms with E-state index in [0.717, 1.165) is 43.6 Å². The monoisotopic (exact) mass is 328 g/mol. The van der Waals surface area contributed by atoms with Crippen LogP contribution in [0.2, 0.25) is 0 Å². The molecule has 7 heteroatoms. The molecular formula is C17H24N6O. The maximum absolute atomic E-state index is 5.43. The molecule has 0 atom stereocenters. The van der Waals surface area contributed by atoms with Gasteiger partial charge in [0.2, 0.25) is 0 Å². The SMILES string of the molecule is CN(C)c1cc(N(C2CC2)C2CCN(c3ncco3)CC2)ncn1. The molecule has 2 aromatic rings. The Bertz CT molecular complexity index is 661. The van der Waals surface area contributed by atoms with Gasteiger partial charge in [-0.25, -0.2) is 15.0 Å². The second kappa shape index (κ2) is 6.30. The predicted molar refractivity (Wildman–Crippen MR) is 93.6 cm³/mol. The van der Waals surface area contributed by atoms with Crippen molar-refractivity contribution in [2.45, 2.75) is 37.8 Å². The first-order chi connectivity index (χ1) is 11.7. The van der Waals surface area contributed by atoms with Crippen LogP contribution in [0.5, 0.6) is 0 Å². The molecule has 1 saturated heterocycles. The molecular weight excluding hydrogens is 304 g/mol. The number of piperidine rings is 1. The van der Waals surface area contributed by atoms with E-state index in [4.69, 9.17) is 4.42 Å². The Kier molecular flexibility index (Phi) is 4.00. The molecule has 4 rings (SSSR count). The Labute approximate surface area is 142 Å². The average molecular weight is 328 g/mol. The molecule has 24 heavy (non-hydrogen) atoms. The minimum atomic E-state index is 0.522. The van der Waals surface area contributed by atoms with Gasteiger partial charge in [-0.15, -0.1) is 0 Å². The van der Waals surface area contributed by atoms with Crippen LogP contribution in [0.15, 0.2) is 29.3 Å². The van der Waals surface area contributed by atoms with Crippen molar-refractivity contribution in [1.29, 1.82) is 0 Å². The summed E-state index contributed by atoms with van der Waals surface area (Å²) in [6.45, 7) is 1.94. The number of hydrogen-bond donors (Lipinski definition) is 0. The van der Waals surface area contributed by atoms with Crippen LogP contribution in [0, 0.1) is 0 Å². The number of aromatic nitrogens is 3. The number of hydrogen-bond acceptors (Lipinski definition) is 7. The lowest BCUT2D eigenvalue weighted by molar-refractivity contribution is 0.431. The third-order valence-electron chi connectivity index (χ3n) is 4.85. The Morgan fingerprint density at radius 2 is 1.71 bits per heavy atom. The number of oxazole rings is 1. The van der Waals surface area contributed by atoms with Gasteiger partial charge in [0.05, 0.1) is 6.20 Å². The third kappa shape index (κ3) is 3.02. The van der Waals surface area contributed by atoms with Gasteiger partial charge in [0.25, 0.3) is 6.01 Å². The summed E-state index contributed by atoms with van der Waals surface area (Å²) < 4.78 is 5.43. The second-order valence-corrected chi connectivity index (χ2v) is 6.80. The first-order valence-corrected chi connectivity index (χ1v) is 8.64. The van der Waals surface area contributed by atoms with E-state index in [1.807, 2.05) is 19.0 Å². The van der Waals surface area contributed by atoms with Gasteiger partial charge in [0, 0.05) is 45.3 Å². The molecule has 2 fully saturated rings. The second-order valence-electron chi connectivity index (χ2n) is 6.80. The quantitative estimate of drug-likeness (QED) is 0.833. The zero-order valence-corrected chi connectivity index (χ0v) is 14.3. The van der Waals surface area contributed by atoms with Crippen LogP contribution in [0.3, 0.4) is 0 Å². The Morgan fingerprint density at radius 3 is 2.33 bits per heavy atom. The van der Waals surface area contributed by atoms with Crippen LogP contribution in [-0.2, 0) is 0 Å². The van der Waals surface area contributed by atoms with E-state index in [0.29, 0.717) is 12.1 Å². The summed E-state index contributed by atoms with van der Waals surface area (Å²) in [4.78, 5) is 20.0. The maximum atomic E-state index is 5.43. The van der Waals surface area contributed by atoms with Crippen LogP contribution in [0.4, 0.5) is 17.7 Å². The van der Waals surface area contributed by atoms with Crippen molar-refractivity contribution in [3.05, 3.63) is 24.9 Å². The van der Waals surface area contributed by atoms with Crippen LogP contribution in [0.25, 0.3) is 0 Å². The highest BCUT2D eigenvalue weighted by Crippen LogP contribution is 2.36. The van der Waals surface area contributed by atoms with E-state index >= 15 is 0 Å².